The number of carbonyl (C=O) groups is 1. The molecule has 0 aliphatic carbocycles. The second-order valence-corrected chi connectivity index (χ2v) is 4.92. The number of hydrazone groups is 1. The van der Waals surface area contributed by atoms with E-state index in [1.807, 2.05) is 11.7 Å². The van der Waals surface area contributed by atoms with E-state index >= 15 is 0 Å². The summed E-state index contributed by atoms with van der Waals surface area (Å²) in [6.07, 6.45) is 3.04. The van der Waals surface area contributed by atoms with Gasteiger partial charge in [0.05, 0.1) is 21.9 Å². The summed E-state index contributed by atoms with van der Waals surface area (Å²) in [6.45, 7) is 0. The zero-order valence-corrected chi connectivity index (χ0v) is 11.8. The molecule has 1 amide bonds. The van der Waals surface area contributed by atoms with E-state index in [0.29, 0.717) is 17.2 Å². The second kappa shape index (κ2) is 6.37. The fourth-order valence-electron chi connectivity index (χ4n) is 1.80. The van der Waals surface area contributed by atoms with Gasteiger partial charge in [-0.05, 0) is 18.4 Å². The Labute approximate surface area is 124 Å². The fraction of sp³-hybridized carbons (Fsp3) is 0.167. The zero-order chi connectivity index (χ0) is 15.4. The number of nitrogens with zero attached hydrogens (tertiary/aromatic N) is 3. The van der Waals surface area contributed by atoms with Crippen molar-refractivity contribution < 1.29 is 14.9 Å². The van der Waals surface area contributed by atoms with E-state index in [2.05, 4.69) is 5.10 Å². The maximum atomic E-state index is 12.2. The monoisotopic (exact) mass is 308 g/mol. The van der Waals surface area contributed by atoms with Crippen LogP contribution in [0.5, 0.6) is 0 Å². The third-order valence-electron chi connectivity index (χ3n) is 2.75. The lowest BCUT2D eigenvalue weighted by Crippen LogP contribution is -2.22. The van der Waals surface area contributed by atoms with Crippen molar-refractivity contribution in [1.82, 2.24) is 5.48 Å². The van der Waals surface area contributed by atoms with Crippen LogP contribution in [0.1, 0.15) is 0 Å². The van der Waals surface area contributed by atoms with Gasteiger partial charge in [-0.2, -0.15) is 21.9 Å². The normalized spacial score (nSPS) is 16.3. The molecule has 2 N–H and O–H groups in total. The SMILES string of the molecule is CSCC1=NN(c2ccc([N+](=O)[O-])cc2)C(=O)C1=CNO. The van der Waals surface area contributed by atoms with Crippen molar-refractivity contribution in [2.24, 2.45) is 5.10 Å². The zero-order valence-electron chi connectivity index (χ0n) is 11.0. The minimum atomic E-state index is -0.515. The van der Waals surface area contributed by atoms with Gasteiger partial charge >= 0.3 is 0 Å². The number of benzene rings is 1. The minimum absolute atomic E-state index is 0.0634. The summed E-state index contributed by atoms with van der Waals surface area (Å²) in [4.78, 5) is 22.4. The van der Waals surface area contributed by atoms with E-state index < -0.39 is 10.8 Å². The summed E-state index contributed by atoms with van der Waals surface area (Å²) in [5.74, 6) is 0.0948. The van der Waals surface area contributed by atoms with Crippen LogP contribution in [0.15, 0.2) is 41.1 Å². The summed E-state index contributed by atoms with van der Waals surface area (Å²) >= 11 is 1.48. The van der Waals surface area contributed by atoms with E-state index in [4.69, 9.17) is 5.21 Å². The first-order valence-corrected chi connectivity index (χ1v) is 7.23. The molecule has 0 unspecified atom stereocenters. The van der Waals surface area contributed by atoms with Crippen molar-refractivity contribution in [3.8, 4) is 0 Å². The molecule has 1 heterocycles. The van der Waals surface area contributed by atoms with Gasteiger partial charge in [-0.1, -0.05) is 0 Å². The lowest BCUT2D eigenvalue weighted by molar-refractivity contribution is -0.384. The Morgan fingerprint density at radius 3 is 2.67 bits per heavy atom. The first-order valence-electron chi connectivity index (χ1n) is 5.84. The van der Waals surface area contributed by atoms with Crippen LogP contribution in [0.3, 0.4) is 0 Å². The van der Waals surface area contributed by atoms with Crippen LogP contribution in [0.25, 0.3) is 0 Å². The highest BCUT2D eigenvalue weighted by molar-refractivity contribution is 7.99. The van der Waals surface area contributed by atoms with Gasteiger partial charge in [0.2, 0.25) is 0 Å². The van der Waals surface area contributed by atoms with Crippen molar-refractivity contribution in [3.63, 3.8) is 0 Å². The highest BCUT2D eigenvalue weighted by Crippen LogP contribution is 2.26. The van der Waals surface area contributed by atoms with E-state index in [1.54, 1.807) is 0 Å². The van der Waals surface area contributed by atoms with Crippen molar-refractivity contribution in [2.45, 2.75) is 0 Å². The predicted molar refractivity (Wildman–Crippen MR) is 79.4 cm³/mol. The van der Waals surface area contributed by atoms with Crippen molar-refractivity contribution >= 4 is 34.8 Å². The van der Waals surface area contributed by atoms with Crippen molar-refractivity contribution in [1.29, 1.82) is 0 Å². The Morgan fingerprint density at radius 2 is 2.14 bits per heavy atom. The van der Waals surface area contributed by atoms with E-state index in [-0.39, 0.29) is 11.3 Å². The van der Waals surface area contributed by atoms with Gasteiger partial charge < -0.3 is 0 Å². The summed E-state index contributed by atoms with van der Waals surface area (Å²) < 4.78 is 0. The molecule has 1 aliphatic rings. The molecule has 1 aromatic carbocycles. The Bertz CT molecular complexity index is 627. The quantitative estimate of drug-likeness (QED) is 0.485. The Balaban J connectivity index is 2.33. The van der Waals surface area contributed by atoms with E-state index in [0.717, 1.165) is 5.01 Å². The molecule has 21 heavy (non-hydrogen) atoms. The Morgan fingerprint density at radius 1 is 1.48 bits per heavy atom. The van der Waals surface area contributed by atoms with Gasteiger partial charge in [-0.15, -0.1) is 0 Å². The molecule has 0 saturated carbocycles. The van der Waals surface area contributed by atoms with Crippen LogP contribution in [0.4, 0.5) is 11.4 Å². The summed E-state index contributed by atoms with van der Waals surface area (Å²) in [7, 11) is 0. The number of carbonyl (C=O) groups excluding carboxylic acids is 1. The number of rotatable bonds is 5. The molecule has 2 rings (SSSR count). The molecule has 8 nitrogen and oxygen atoms in total. The van der Waals surface area contributed by atoms with Crippen LogP contribution >= 0.6 is 11.8 Å². The Hall–Kier alpha value is -2.39. The average molecular weight is 308 g/mol. The number of amides is 1. The summed E-state index contributed by atoms with van der Waals surface area (Å²) in [6, 6.07) is 5.51. The topological polar surface area (TPSA) is 108 Å². The molecular formula is C12H12N4O4S. The first-order chi connectivity index (χ1) is 10.1. The third-order valence-corrected chi connectivity index (χ3v) is 3.31. The minimum Gasteiger partial charge on any atom is -0.292 e. The number of hydrogen-bond acceptors (Lipinski definition) is 7. The molecule has 0 saturated heterocycles. The largest absolute Gasteiger partial charge is 0.292 e. The third kappa shape index (κ3) is 3.03. The molecule has 0 bridgehead atoms. The highest BCUT2D eigenvalue weighted by Gasteiger charge is 2.31. The van der Waals surface area contributed by atoms with Gasteiger partial charge in [-0.3, -0.25) is 25.6 Å². The number of thioether (sulfide) groups is 1. The predicted octanol–water partition coefficient (Wildman–Crippen LogP) is 1.52. The van der Waals surface area contributed by atoms with Gasteiger partial charge in [-0.25, -0.2) is 0 Å². The molecule has 0 fully saturated rings. The number of non-ortho nitro benzene ring substituents is 1. The maximum absolute atomic E-state index is 12.2. The first kappa shape index (κ1) is 15.0. The molecule has 0 atom stereocenters. The number of hydrogen-bond donors (Lipinski definition) is 2. The second-order valence-electron chi connectivity index (χ2n) is 4.06. The number of nitrogens with one attached hydrogen (secondary N) is 1. The molecule has 1 aromatic rings. The fourth-order valence-corrected chi connectivity index (χ4v) is 2.29. The average Bonchev–Trinajstić information content (AvgIpc) is 2.77. The van der Waals surface area contributed by atoms with Crippen LogP contribution < -0.4 is 10.5 Å². The van der Waals surface area contributed by atoms with E-state index in [1.165, 1.54) is 42.2 Å². The molecule has 0 spiro atoms. The van der Waals surface area contributed by atoms with Gasteiger partial charge in [0, 0.05) is 24.1 Å². The summed E-state index contributed by atoms with van der Waals surface area (Å²) in [5.41, 5.74) is 2.97. The van der Waals surface area contributed by atoms with E-state index in [9.17, 15) is 14.9 Å². The maximum Gasteiger partial charge on any atom is 0.282 e. The standard InChI is InChI=1S/C12H12N4O4S/c1-21-7-11-10(6-13-18)12(17)15(14-11)8-2-4-9(5-3-8)16(19)20/h2-6,13,18H,7H2,1H3. The van der Waals surface area contributed by atoms with Crippen LogP contribution in [-0.4, -0.2) is 33.8 Å². The van der Waals surface area contributed by atoms with Crippen molar-refractivity contribution in [2.75, 3.05) is 17.0 Å². The molecule has 0 aromatic heterocycles. The molecule has 9 heteroatoms. The number of nitro benzene ring substituents is 1. The summed E-state index contributed by atoms with van der Waals surface area (Å²) in [5, 5.41) is 24.7. The van der Waals surface area contributed by atoms with Crippen LogP contribution in [0.2, 0.25) is 0 Å². The smallest absolute Gasteiger partial charge is 0.282 e. The van der Waals surface area contributed by atoms with Gasteiger partial charge in [0.1, 0.15) is 0 Å². The van der Waals surface area contributed by atoms with Crippen LogP contribution in [-0.2, 0) is 4.79 Å². The molecule has 110 valence electrons. The van der Waals surface area contributed by atoms with Crippen LogP contribution in [0, 0.1) is 10.1 Å². The van der Waals surface area contributed by atoms with Gasteiger partial charge in [0.25, 0.3) is 11.6 Å². The number of nitro groups is 1. The van der Waals surface area contributed by atoms with Gasteiger partial charge in [0.15, 0.2) is 0 Å². The number of hydroxylamine groups is 1. The molecule has 1 aliphatic heterocycles. The highest BCUT2D eigenvalue weighted by atomic mass is 32.2. The molecular weight excluding hydrogens is 296 g/mol. The lowest BCUT2D eigenvalue weighted by Gasteiger charge is -2.10. The van der Waals surface area contributed by atoms with Crippen molar-refractivity contribution in [3.05, 3.63) is 46.2 Å². The lowest BCUT2D eigenvalue weighted by atomic mass is 10.2. The molecule has 0 radical (unpaired) electrons. The number of anilines is 1. The Kier molecular flexibility index (Phi) is 4.55.